The first kappa shape index (κ1) is 54.7. The first-order valence-corrected chi connectivity index (χ1v) is 23.7. The molecule has 0 saturated carbocycles. The van der Waals surface area contributed by atoms with Crippen LogP contribution in [0.1, 0.15) is 181 Å². The third kappa shape index (κ3) is 41.6. The fourth-order valence-corrected chi connectivity index (χ4v) is 6.53. The van der Waals surface area contributed by atoms with Gasteiger partial charge in [0.05, 0.1) is 19.8 Å². The number of rotatable bonds is 41. The fourth-order valence-electron chi connectivity index (χ4n) is 5.74. The Hall–Kier alpha value is -2.33. The third-order valence-electron chi connectivity index (χ3n) is 9.19. The highest BCUT2D eigenvalue weighted by molar-refractivity contribution is 7.47. The molecule has 330 valence electrons. The molecule has 0 aromatic heterocycles. The van der Waals surface area contributed by atoms with Gasteiger partial charge in [-0.25, -0.2) is 4.57 Å². The van der Waals surface area contributed by atoms with Crippen LogP contribution in [0.25, 0.3) is 0 Å². The topological polar surface area (TPSA) is 149 Å². The number of carbonyl (C=O) groups is 2. The van der Waals surface area contributed by atoms with Crippen LogP contribution in [0.4, 0.5) is 0 Å². The van der Waals surface area contributed by atoms with E-state index in [4.69, 9.17) is 19.1 Å². The molecule has 0 saturated heterocycles. The minimum Gasteiger partial charge on any atom is -0.462 e. The van der Waals surface area contributed by atoms with Crippen molar-refractivity contribution in [3.63, 3.8) is 0 Å². The van der Waals surface area contributed by atoms with Gasteiger partial charge in [0.2, 0.25) is 0 Å². The van der Waals surface area contributed by atoms with Crippen molar-refractivity contribution in [3.8, 4) is 0 Å². The molecule has 10 nitrogen and oxygen atoms in total. The van der Waals surface area contributed by atoms with Crippen molar-refractivity contribution in [2.24, 2.45) is 0 Å². The van der Waals surface area contributed by atoms with Gasteiger partial charge in [-0.2, -0.15) is 0 Å². The summed E-state index contributed by atoms with van der Waals surface area (Å²) in [5.41, 5.74) is 0. The maximum absolute atomic E-state index is 12.6. The van der Waals surface area contributed by atoms with Crippen molar-refractivity contribution in [1.82, 2.24) is 0 Å². The van der Waals surface area contributed by atoms with Crippen molar-refractivity contribution < 1.29 is 47.8 Å². The van der Waals surface area contributed by atoms with Crippen LogP contribution in [-0.2, 0) is 32.7 Å². The first-order chi connectivity index (χ1) is 27.7. The molecule has 0 aromatic rings. The zero-order valence-corrected chi connectivity index (χ0v) is 36.7. The molecule has 0 fully saturated rings. The van der Waals surface area contributed by atoms with Gasteiger partial charge in [-0.15, -0.1) is 0 Å². The molecule has 11 heteroatoms. The van der Waals surface area contributed by atoms with E-state index in [9.17, 15) is 24.2 Å². The number of allylic oxidation sites excluding steroid dienone is 10. The Kier molecular flexibility index (Phi) is 40.1. The first-order valence-electron chi connectivity index (χ1n) is 22.2. The van der Waals surface area contributed by atoms with E-state index in [-0.39, 0.29) is 19.4 Å². The van der Waals surface area contributed by atoms with Crippen LogP contribution in [0.5, 0.6) is 0 Å². The minimum absolute atomic E-state index is 0.0602. The minimum atomic E-state index is -4.64. The average molecular weight is 825 g/mol. The van der Waals surface area contributed by atoms with Crippen LogP contribution >= 0.6 is 7.82 Å². The zero-order valence-electron chi connectivity index (χ0n) is 35.8. The second-order valence-electron chi connectivity index (χ2n) is 14.7. The van der Waals surface area contributed by atoms with E-state index >= 15 is 0 Å². The summed E-state index contributed by atoms with van der Waals surface area (Å²) in [5.74, 6) is -1.02. The largest absolute Gasteiger partial charge is 0.472 e. The van der Waals surface area contributed by atoms with Crippen LogP contribution in [0.3, 0.4) is 0 Å². The molecule has 0 radical (unpaired) electrons. The van der Waals surface area contributed by atoms with Crippen molar-refractivity contribution in [2.75, 3.05) is 26.4 Å². The van der Waals surface area contributed by atoms with Gasteiger partial charge in [-0.1, -0.05) is 177 Å². The maximum atomic E-state index is 12.6. The quantitative estimate of drug-likeness (QED) is 0.0235. The zero-order chi connectivity index (χ0) is 41.9. The summed E-state index contributed by atoms with van der Waals surface area (Å²) in [6, 6.07) is 0. The maximum Gasteiger partial charge on any atom is 0.472 e. The second kappa shape index (κ2) is 41.8. The number of unbranched alkanes of at least 4 members (excludes halogenated alkanes) is 17. The number of ether oxygens (including phenoxy) is 2. The van der Waals surface area contributed by atoms with Gasteiger partial charge in [0.25, 0.3) is 0 Å². The van der Waals surface area contributed by atoms with E-state index in [2.05, 4.69) is 67.0 Å². The van der Waals surface area contributed by atoms with Gasteiger partial charge >= 0.3 is 19.8 Å². The number of aliphatic hydroxyl groups is 2. The number of esters is 2. The smallest absolute Gasteiger partial charge is 0.462 e. The molecule has 0 aliphatic heterocycles. The molecule has 0 rings (SSSR count). The number of phosphoric ester groups is 1. The molecule has 57 heavy (non-hydrogen) atoms. The monoisotopic (exact) mass is 825 g/mol. The van der Waals surface area contributed by atoms with Crippen molar-refractivity contribution in [2.45, 2.75) is 193 Å². The van der Waals surface area contributed by atoms with Gasteiger partial charge in [0.1, 0.15) is 12.7 Å². The SMILES string of the molecule is CCCCCC=CCC=CCC=CCC=CCC=CCCC(=O)O[C@H](COC(=O)CCCCCCCCCCCCCCCCC)COP(=O)(O)OC[C@@H](O)CO. The molecule has 1 unspecified atom stereocenters. The lowest BCUT2D eigenvalue weighted by Gasteiger charge is -2.20. The van der Waals surface area contributed by atoms with Crippen LogP contribution < -0.4 is 0 Å². The Bertz CT molecular complexity index is 1130. The van der Waals surface area contributed by atoms with Gasteiger partial charge in [0.15, 0.2) is 6.10 Å². The molecule has 0 heterocycles. The standard InChI is InChI=1S/C46H81O10P/c1-3-5-7-9-11-13-15-17-19-20-21-22-24-26-28-30-32-34-36-38-46(50)56-44(42-55-57(51,52)54-40-43(48)39-47)41-53-45(49)37-35-33-31-29-27-25-23-18-16-14-12-10-8-6-4-2/h11,13,17,19,21-22,26,28,32,34,43-44,47-48H,3-10,12,14-16,18,20,23-25,27,29-31,33,35-42H2,1-2H3,(H,51,52)/t43-,44+/m0/s1. The Balaban J connectivity index is 4.41. The van der Waals surface area contributed by atoms with Gasteiger partial charge in [-0.3, -0.25) is 18.6 Å². The average Bonchev–Trinajstić information content (AvgIpc) is 3.20. The van der Waals surface area contributed by atoms with E-state index in [1.54, 1.807) is 0 Å². The highest BCUT2D eigenvalue weighted by Gasteiger charge is 2.27. The number of phosphoric acid groups is 1. The van der Waals surface area contributed by atoms with Crippen LogP contribution in [0.15, 0.2) is 60.8 Å². The Morgan fingerprint density at radius 3 is 1.44 bits per heavy atom. The third-order valence-corrected chi connectivity index (χ3v) is 10.1. The second-order valence-corrected chi connectivity index (χ2v) is 16.2. The van der Waals surface area contributed by atoms with Crippen LogP contribution in [0.2, 0.25) is 0 Å². The highest BCUT2D eigenvalue weighted by Crippen LogP contribution is 2.43. The van der Waals surface area contributed by atoms with E-state index in [1.807, 2.05) is 12.2 Å². The Labute approximate surface area is 346 Å². The fraction of sp³-hybridized carbons (Fsp3) is 0.739. The Morgan fingerprint density at radius 1 is 0.526 bits per heavy atom. The normalized spacial score (nSPS) is 14.4. The summed E-state index contributed by atoms with van der Waals surface area (Å²) >= 11 is 0. The molecule has 3 atom stereocenters. The molecule has 0 aromatic carbocycles. The lowest BCUT2D eigenvalue weighted by molar-refractivity contribution is -0.161. The van der Waals surface area contributed by atoms with Crippen LogP contribution in [0, 0.1) is 0 Å². The molecule has 0 aliphatic rings. The predicted octanol–water partition coefficient (Wildman–Crippen LogP) is 11.9. The number of carbonyl (C=O) groups excluding carboxylic acids is 2. The number of aliphatic hydroxyl groups excluding tert-OH is 2. The number of hydrogen-bond acceptors (Lipinski definition) is 9. The van der Waals surface area contributed by atoms with E-state index in [0.29, 0.717) is 12.8 Å². The van der Waals surface area contributed by atoms with Gasteiger partial charge < -0.3 is 24.6 Å². The summed E-state index contributed by atoms with van der Waals surface area (Å²) < 4.78 is 32.6. The van der Waals surface area contributed by atoms with E-state index in [0.717, 1.165) is 44.9 Å². The number of hydrogen-bond donors (Lipinski definition) is 3. The molecular formula is C46H81O10P. The van der Waals surface area contributed by atoms with Crippen LogP contribution in [-0.4, -0.2) is 65.7 Å². The summed E-state index contributed by atoms with van der Waals surface area (Å²) in [6.07, 6.45) is 46.3. The molecule has 0 amide bonds. The van der Waals surface area contributed by atoms with Crippen molar-refractivity contribution in [1.29, 1.82) is 0 Å². The summed E-state index contributed by atoms with van der Waals surface area (Å²) in [6.45, 7) is 2.27. The summed E-state index contributed by atoms with van der Waals surface area (Å²) in [7, 11) is -4.64. The van der Waals surface area contributed by atoms with Gasteiger partial charge in [-0.05, 0) is 51.4 Å². The molecular weight excluding hydrogens is 743 g/mol. The van der Waals surface area contributed by atoms with Crippen molar-refractivity contribution >= 4 is 19.8 Å². The molecule has 0 spiro atoms. The van der Waals surface area contributed by atoms with E-state index < -0.39 is 51.8 Å². The molecule has 0 bridgehead atoms. The lowest BCUT2D eigenvalue weighted by atomic mass is 10.0. The lowest BCUT2D eigenvalue weighted by Crippen LogP contribution is -2.29. The van der Waals surface area contributed by atoms with E-state index in [1.165, 1.54) is 96.3 Å². The predicted molar refractivity (Wildman–Crippen MR) is 233 cm³/mol. The summed E-state index contributed by atoms with van der Waals surface area (Å²) in [5, 5.41) is 18.3. The molecule has 3 N–H and O–H groups in total. The Morgan fingerprint density at radius 2 is 0.947 bits per heavy atom. The summed E-state index contributed by atoms with van der Waals surface area (Å²) in [4.78, 5) is 35.0. The highest BCUT2D eigenvalue weighted by atomic mass is 31.2. The van der Waals surface area contributed by atoms with Gasteiger partial charge in [0, 0.05) is 12.8 Å². The molecule has 0 aliphatic carbocycles. The van der Waals surface area contributed by atoms with Crippen molar-refractivity contribution in [3.05, 3.63) is 60.8 Å².